The first-order valence-corrected chi connectivity index (χ1v) is 4.24. The maximum Gasteiger partial charge on any atom is 0.172 e. The van der Waals surface area contributed by atoms with Gasteiger partial charge in [0.15, 0.2) is 5.79 Å². The Bertz CT molecular complexity index is 151. The highest BCUT2D eigenvalue weighted by Gasteiger charge is 2.50. The molecule has 0 unspecified atom stereocenters. The van der Waals surface area contributed by atoms with Crippen LogP contribution in [0.2, 0.25) is 0 Å². The van der Waals surface area contributed by atoms with E-state index >= 15 is 0 Å². The van der Waals surface area contributed by atoms with E-state index in [1.165, 1.54) is 0 Å². The van der Waals surface area contributed by atoms with E-state index in [9.17, 15) is 10.2 Å². The molecule has 4 nitrogen and oxygen atoms in total. The second-order valence-corrected chi connectivity index (χ2v) is 3.62. The maximum absolute atomic E-state index is 9.52. The van der Waals surface area contributed by atoms with Gasteiger partial charge in [0.1, 0.15) is 0 Å². The summed E-state index contributed by atoms with van der Waals surface area (Å²) < 4.78 is 0. The second-order valence-electron chi connectivity index (χ2n) is 3.62. The number of rotatable bonds is 2. The Morgan fingerprint density at radius 3 is 1.75 bits per heavy atom. The lowest BCUT2D eigenvalue weighted by molar-refractivity contribution is -0.280. The van der Waals surface area contributed by atoms with Gasteiger partial charge in [0.2, 0.25) is 0 Å². The van der Waals surface area contributed by atoms with Gasteiger partial charge in [0.05, 0.1) is 18.6 Å². The van der Waals surface area contributed by atoms with Crippen LogP contribution in [-0.2, 0) is 0 Å². The van der Waals surface area contributed by atoms with Crippen molar-refractivity contribution < 1.29 is 20.4 Å². The lowest BCUT2D eigenvalue weighted by atomic mass is 9.70. The Kier molecular flexibility index (Phi) is 2.73. The number of aliphatic hydroxyl groups is 4. The standard InChI is InChI=1S/C8H16O4/c9-5-7(6-10)3-1-2-4-8(7,11)12/h9-12H,1-6H2. The predicted molar refractivity (Wildman–Crippen MR) is 42.2 cm³/mol. The van der Waals surface area contributed by atoms with E-state index in [1.807, 2.05) is 0 Å². The third-order valence-corrected chi connectivity index (χ3v) is 2.89. The summed E-state index contributed by atoms with van der Waals surface area (Å²) >= 11 is 0. The van der Waals surface area contributed by atoms with E-state index in [4.69, 9.17) is 10.2 Å². The highest BCUT2D eigenvalue weighted by Crippen LogP contribution is 2.41. The molecule has 0 spiro atoms. The highest BCUT2D eigenvalue weighted by molar-refractivity contribution is 4.94. The average Bonchev–Trinajstić information content (AvgIpc) is 2.05. The molecule has 1 aliphatic carbocycles. The van der Waals surface area contributed by atoms with Crippen LogP contribution < -0.4 is 0 Å². The lowest BCUT2D eigenvalue weighted by Gasteiger charge is -2.44. The van der Waals surface area contributed by atoms with Crippen molar-refractivity contribution in [2.24, 2.45) is 5.41 Å². The fourth-order valence-electron chi connectivity index (χ4n) is 1.76. The normalized spacial score (nSPS) is 27.0. The summed E-state index contributed by atoms with van der Waals surface area (Å²) in [6.45, 7) is -0.757. The molecule has 0 radical (unpaired) electrons. The summed E-state index contributed by atoms with van der Waals surface area (Å²) in [5, 5.41) is 37.0. The van der Waals surface area contributed by atoms with Crippen molar-refractivity contribution in [3.8, 4) is 0 Å². The molecule has 12 heavy (non-hydrogen) atoms. The molecule has 1 rings (SSSR count). The molecular weight excluding hydrogens is 160 g/mol. The summed E-state index contributed by atoms with van der Waals surface area (Å²) in [4.78, 5) is 0. The Labute approximate surface area is 71.5 Å². The van der Waals surface area contributed by atoms with Crippen molar-refractivity contribution in [1.29, 1.82) is 0 Å². The second kappa shape index (κ2) is 3.30. The summed E-state index contributed by atoms with van der Waals surface area (Å²) in [7, 11) is 0. The minimum atomic E-state index is -1.91. The molecular formula is C8H16O4. The third-order valence-electron chi connectivity index (χ3n) is 2.89. The Hall–Kier alpha value is -0.160. The zero-order valence-corrected chi connectivity index (χ0v) is 7.03. The van der Waals surface area contributed by atoms with Gasteiger partial charge < -0.3 is 20.4 Å². The van der Waals surface area contributed by atoms with Crippen molar-refractivity contribution in [2.75, 3.05) is 13.2 Å². The molecule has 0 aromatic carbocycles. The van der Waals surface area contributed by atoms with E-state index in [-0.39, 0.29) is 19.6 Å². The zero-order valence-electron chi connectivity index (χ0n) is 7.03. The Morgan fingerprint density at radius 1 is 0.917 bits per heavy atom. The molecule has 0 saturated heterocycles. The minimum Gasteiger partial charge on any atom is -0.395 e. The molecule has 1 aliphatic rings. The van der Waals surface area contributed by atoms with E-state index in [2.05, 4.69) is 0 Å². The molecule has 0 bridgehead atoms. The largest absolute Gasteiger partial charge is 0.395 e. The zero-order chi connectivity index (χ0) is 9.24. The Balaban J connectivity index is 2.81. The number of aliphatic hydroxyl groups excluding tert-OH is 2. The van der Waals surface area contributed by atoms with Gasteiger partial charge in [-0.15, -0.1) is 0 Å². The predicted octanol–water partition coefficient (Wildman–Crippen LogP) is -0.788. The van der Waals surface area contributed by atoms with Crippen LogP contribution in [-0.4, -0.2) is 39.4 Å². The van der Waals surface area contributed by atoms with Crippen LogP contribution >= 0.6 is 0 Å². The van der Waals surface area contributed by atoms with Gasteiger partial charge in [0, 0.05) is 6.42 Å². The summed E-state index contributed by atoms with van der Waals surface area (Å²) in [6.07, 6.45) is 2.25. The van der Waals surface area contributed by atoms with E-state index in [0.29, 0.717) is 6.42 Å². The summed E-state index contributed by atoms with van der Waals surface area (Å²) in [5.41, 5.74) is -1.12. The maximum atomic E-state index is 9.52. The summed E-state index contributed by atoms with van der Waals surface area (Å²) in [6, 6.07) is 0. The molecule has 0 aromatic heterocycles. The van der Waals surface area contributed by atoms with Crippen molar-refractivity contribution >= 4 is 0 Å². The lowest BCUT2D eigenvalue weighted by Crippen LogP contribution is -2.55. The monoisotopic (exact) mass is 176 g/mol. The average molecular weight is 176 g/mol. The molecule has 72 valence electrons. The number of hydrogen-bond acceptors (Lipinski definition) is 4. The minimum absolute atomic E-state index is 0.230. The van der Waals surface area contributed by atoms with Crippen LogP contribution in [0.5, 0.6) is 0 Å². The van der Waals surface area contributed by atoms with Crippen molar-refractivity contribution in [1.82, 2.24) is 0 Å². The third kappa shape index (κ3) is 1.35. The first-order chi connectivity index (χ1) is 5.58. The quantitative estimate of drug-likeness (QED) is 0.416. The molecule has 0 aromatic rings. The van der Waals surface area contributed by atoms with Crippen LogP contribution in [0.3, 0.4) is 0 Å². The fraction of sp³-hybridized carbons (Fsp3) is 1.00. The molecule has 0 aliphatic heterocycles. The van der Waals surface area contributed by atoms with E-state index < -0.39 is 11.2 Å². The first-order valence-electron chi connectivity index (χ1n) is 4.24. The molecule has 1 fully saturated rings. The SMILES string of the molecule is OCC1(CO)CCCCC1(O)O. The van der Waals surface area contributed by atoms with Gasteiger partial charge in [0.25, 0.3) is 0 Å². The number of hydrogen-bond donors (Lipinski definition) is 4. The molecule has 0 amide bonds. The van der Waals surface area contributed by atoms with Crippen molar-refractivity contribution in [3.63, 3.8) is 0 Å². The van der Waals surface area contributed by atoms with E-state index in [1.54, 1.807) is 0 Å². The van der Waals surface area contributed by atoms with Crippen LogP contribution in [0.25, 0.3) is 0 Å². The van der Waals surface area contributed by atoms with Gasteiger partial charge in [-0.2, -0.15) is 0 Å². The van der Waals surface area contributed by atoms with Gasteiger partial charge in [-0.05, 0) is 12.8 Å². The highest BCUT2D eigenvalue weighted by atomic mass is 16.5. The van der Waals surface area contributed by atoms with Gasteiger partial charge in [-0.1, -0.05) is 6.42 Å². The molecule has 0 heterocycles. The fourth-order valence-corrected chi connectivity index (χ4v) is 1.76. The van der Waals surface area contributed by atoms with Gasteiger partial charge in [-0.3, -0.25) is 0 Å². The van der Waals surface area contributed by atoms with Crippen molar-refractivity contribution in [2.45, 2.75) is 31.5 Å². The van der Waals surface area contributed by atoms with Crippen LogP contribution in [0.15, 0.2) is 0 Å². The smallest absolute Gasteiger partial charge is 0.172 e. The van der Waals surface area contributed by atoms with Gasteiger partial charge >= 0.3 is 0 Å². The van der Waals surface area contributed by atoms with E-state index in [0.717, 1.165) is 12.8 Å². The van der Waals surface area contributed by atoms with Gasteiger partial charge in [-0.25, -0.2) is 0 Å². The molecule has 4 heteroatoms. The molecule has 1 saturated carbocycles. The van der Waals surface area contributed by atoms with Crippen LogP contribution in [0.1, 0.15) is 25.7 Å². The molecule has 0 atom stereocenters. The van der Waals surface area contributed by atoms with Crippen LogP contribution in [0, 0.1) is 5.41 Å². The Morgan fingerprint density at radius 2 is 1.42 bits per heavy atom. The first kappa shape index (κ1) is 9.92. The molecule has 4 N–H and O–H groups in total. The summed E-state index contributed by atoms with van der Waals surface area (Å²) in [5.74, 6) is -1.91. The van der Waals surface area contributed by atoms with Crippen LogP contribution in [0.4, 0.5) is 0 Å². The van der Waals surface area contributed by atoms with Crippen molar-refractivity contribution in [3.05, 3.63) is 0 Å². The topological polar surface area (TPSA) is 80.9 Å².